The predicted molar refractivity (Wildman–Crippen MR) is 87.6 cm³/mol. The second-order valence-corrected chi connectivity index (χ2v) is 7.75. The summed E-state index contributed by atoms with van der Waals surface area (Å²) in [6.07, 6.45) is 1.26. The Morgan fingerprint density at radius 1 is 1.05 bits per heavy atom. The van der Waals surface area contributed by atoms with Crippen molar-refractivity contribution >= 4 is 5.71 Å². The minimum absolute atomic E-state index is 0.0881. The number of benzene rings is 1. The molecule has 0 aliphatic heterocycles. The molecule has 0 radical (unpaired) electrons. The van der Waals surface area contributed by atoms with Crippen LogP contribution in [0.5, 0.6) is 0 Å². The summed E-state index contributed by atoms with van der Waals surface area (Å²) in [5.74, 6) is 2.88. The van der Waals surface area contributed by atoms with Crippen LogP contribution in [0, 0.1) is 28.6 Å². The molecule has 0 spiro atoms. The third-order valence-corrected chi connectivity index (χ3v) is 5.37. The second kappa shape index (κ2) is 5.35. The number of hydrogen-bond acceptors (Lipinski definition) is 1. The van der Waals surface area contributed by atoms with Crippen LogP contribution >= 0.6 is 0 Å². The summed E-state index contributed by atoms with van der Waals surface area (Å²) in [6, 6.07) is 8.60. The highest BCUT2D eigenvalue weighted by Crippen LogP contribution is 2.47. The monoisotopic (exact) mass is 271 g/mol. The van der Waals surface area contributed by atoms with Crippen molar-refractivity contribution < 1.29 is 0 Å². The van der Waals surface area contributed by atoms with Crippen molar-refractivity contribution in [1.82, 2.24) is 0 Å². The SMILES string of the molecule is CC1CC(c2ccccc2C(=N)C(C)(C)C)C(C)C1C. The largest absolute Gasteiger partial charge is 0.304 e. The van der Waals surface area contributed by atoms with Gasteiger partial charge in [0.05, 0.1) is 0 Å². The Labute approximate surface area is 124 Å². The van der Waals surface area contributed by atoms with Crippen LogP contribution in [-0.2, 0) is 0 Å². The molecule has 2 rings (SSSR count). The van der Waals surface area contributed by atoms with E-state index >= 15 is 0 Å². The maximum Gasteiger partial charge on any atom is 0.0442 e. The average molecular weight is 271 g/mol. The lowest BCUT2D eigenvalue weighted by Gasteiger charge is -2.26. The van der Waals surface area contributed by atoms with Gasteiger partial charge in [-0.25, -0.2) is 0 Å². The first kappa shape index (κ1) is 15.3. The summed E-state index contributed by atoms with van der Waals surface area (Å²) in [5, 5.41) is 8.55. The Balaban J connectivity index is 2.42. The van der Waals surface area contributed by atoms with Gasteiger partial charge in [0.15, 0.2) is 0 Å². The zero-order valence-corrected chi connectivity index (χ0v) is 13.8. The molecular weight excluding hydrogens is 242 g/mol. The average Bonchev–Trinajstić information content (AvgIpc) is 2.64. The van der Waals surface area contributed by atoms with Gasteiger partial charge in [-0.3, -0.25) is 0 Å². The minimum atomic E-state index is -0.0881. The van der Waals surface area contributed by atoms with Gasteiger partial charge >= 0.3 is 0 Å². The highest BCUT2D eigenvalue weighted by atomic mass is 14.5. The Hall–Kier alpha value is -1.11. The van der Waals surface area contributed by atoms with Crippen molar-refractivity contribution in [3.63, 3.8) is 0 Å². The number of nitrogens with one attached hydrogen (secondary N) is 1. The first-order chi connectivity index (χ1) is 9.23. The molecule has 1 aliphatic rings. The molecule has 4 atom stereocenters. The summed E-state index contributed by atoms with van der Waals surface area (Å²) in [7, 11) is 0. The van der Waals surface area contributed by atoms with Gasteiger partial charge in [0.1, 0.15) is 0 Å². The third-order valence-electron chi connectivity index (χ3n) is 5.37. The summed E-state index contributed by atoms with van der Waals surface area (Å²) >= 11 is 0. The maximum absolute atomic E-state index is 8.55. The van der Waals surface area contributed by atoms with Crippen LogP contribution in [0.15, 0.2) is 24.3 Å². The maximum atomic E-state index is 8.55. The van der Waals surface area contributed by atoms with Crippen LogP contribution in [0.2, 0.25) is 0 Å². The first-order valence-electron chi connectivity index (χ1n) is 7.91. The fourth-order valence-corrected chi connectivity index (χ4v) is 3.58. The minimum Gasteiger partial charge on any atom is -0.304 e. The molecule has 0 amide bonds. The van der Waals surface area contributed by atoms with Crippen LogP contribution in [-0.4, -0.2) is 5.71 Å². The normalized spacial score (nSPS) is 30.5. The lowest BCUT2D eigenvalue weighted by molar-refractivity contribution is 0.370. The zero-order chi connectivity index (χ0) is 15.1. The van der Waals surface area contributed by atoms with Crippen LogP contribution in [0.3, 0.4) is 0 Å². The van der Waals surface area contributed by atoms with Gasteiger partial charge in [-0.05, 0) is 41.2 Å². The van der Waals surface area contributed by atoms with E-state index in [0.29, 0.717) is 11.8 Å². The Morgan fingerprint density at radius 3 is 2.15 bits per heavy atom. The van der Waals surface area contributed by atoms with Gasteiger partial charge in [0.25, 0.3) is 0 Å². The van der Waals surface area contributed by atoms with Crippen molar-refractivity contribution in [3.05, 3.63) is 35.4 Å². The van der Waals surface area contributed by atoms with Gasteiger partial charge in [0.2, 0.25) is 0 Å². The predicted octanol–water partition coefficient (Wildman–Crippen LogP) is 5.50. The van der Waals surface area contributed by atoms with Gasteiger partial charge < -0.3 is 5.41 Å². The highest BCUT2D eigenvalue weighted by molar-refractivity contribution is 6.03. The lowest BCUT2D eigenvalue weighted by atomic mass is 9.78. The summed E-state index contributed by atoms with van der Waals surface area (Å²) in [5.41, 5.74) is 3.25. The van der Waals surface area contributed by atoms with E-state index in [0.717, 1.165) is 23.1 Å². The third kappa shape index (κ3) is 2.68. The molecule has 0 bridgehead atoms. The molecule has 1 aliphatic carbocycles. The van der Waals surface area contributed by atoms with Crippen LogP contribution in [0.25, 0.3) is 0 Å². The van der Waals surface area contributed by atoms with Gasteiger partial charge in [-0.15, -0.1) is 0 Å². The highest BCUT2D eigenvalue weighted by Gasteiger charge is 2.37. The quantitative estimate of drug-likeness (QED) is 0.687. The van der Waals surface area contributed by atoms with Crippen molar-refractivity contribution in [2.45, 2.75) is 53.9 Å². The van der Waals surface area contributed by atoms with Crippen molar-refractivity contribution in [2.75, 3.05) is 0 Å². The summed E-state index contributed by atoms with van der Waals surface area (Å²) < 4.78 is 0. The van der Waals surface area contributed by atoms with Crippen molar-refractivity contribution in [3.8, 4) is 0 Å². The fraction of sp³-hybridized carbons (Fsp3) is 0.632. The van der Waals surface area contributed by atoms with E-state index in [9.17, 15) is 0 Å². The molecular formula is C19H29N. The van der Waals surface area contributed by atoms with Crippen molar-refractivity contribution in [1.29, 1.82) is 5.41 Å². The topological polar surface area (TPSA) is 23.9 Å². The van der Waals surface area contributed by atoms with E-state index in [1.807, 2.05) is 0 Å². The van der Waals surface area contributed by atoms with Crippen LogP contribution in [0.1, 0.15) is 65.0 Å². The molecule has 0 saturated heterocycles. The van der Waals surface area contributed by atoms with Gasteiger partial charge in [0, 0.05) is 11.1 Å². The number of hydrogen-bond donors (Lipinski definition) is 1. The van der Waals surface area contributed by atoms with E-state index in [4.69, 9.17) is 5.41 Å². The molecule has 0 heterocycles. The zero-order valence-electron chi connectivity index (χ0n) is 13.8. The second-order valence-electron chi connectivity index (χ2n) is 7.75. The van der Waals surface area contributed by atoms with E-state index in [1.165, 1.54) is 12.0 Å². The lowest BCUT2D eigenvalue weighted by Crippen LogP contribution is -2.23. The van der Waals surface area contributed by atoms with E-state index in [1.54, 1.807) is 0 Å². The molecule has 1 aromatic rings. The molecule has 1 heteroatoms. The molecule has 0 aromatic heterocycles. The molecule has 1 saturated carbocycles. The van der Waals surface area contributed by atoms with E-state index < -0.39 is 0 Å². The summed E-state index contributed by atoms with van der Waals surface area (Å²) in [6.45, 7) is 13.5. The Kier molecular flexibility index (Phi) is 4.09. The van der Waals surface area contributed by atoms with E-state index in [-0.39, 0.29) is 5.41 Å². The molecule has 1 aromatic carbocycles. The Bertz CT molecular complexity index is 495. The molecule has 1 nitrogen and oxygen atoms in total. The number of rotatable bonds is 2. The van der Waals surface area contributed by atoms with Gasteiger partial charge in [-0.2, -0.15) is 0 Å². The molecule has 1 N–H and O–H groups in total. The standard InChI is InChI=1S/C19H29N/c1-12-11-17(14(3)13(12)2)15-9-7-8-10-16(15)18(20)19(4,5)6/h7-10,12-14,17,20H,11H2,1-6H3. The Morgan fingerprint density at radius 2 is 1.65 bits per heavy atom. The van der Waals surface area contributed by atoms with Crippen molar-refractivity contribution in [2.24, 2.45) is 23.2 Å². The molecule has 1 fully saturated rings. The molecule has 20 heavy (non-hydrogen) atoms. The van der Waals surface area contributed by atoms with Gasteiger partial charge in [-0.1, -0.05) is 65.8 Å². The van der Waals surface area contributed by atoms with Crippen LogP contribution in [0.4, 0.5) is 0 Å². The molecule has 4 unspecified atom stereocenters. The van der Waals surface area contributed by atoms with Crippen LogP contribution < -0.4 is 0 Å². The van der Waals surface area contributed by atoms with E-state index in [2.05, 4.69) is 65.8 Å². The first-order valence-corrected chi connectivity index (χ1v) is 7.91. The fourth-order valence-electron chi connectivity index (χ4n) is 3.58. The summed E-state index contributed by atoms with van der Waals surface area (Å²) in [4.78, 5) is 0. The molecule has 110 valence electrons. The smallest absolute Gasteiger partial charge is 0.0442 e.